The highest BCUT2D eigenvalue weighted by Crippen LogP contribution is 2.36. The molecule has 0 aromatic rings. The number of hydrogen-bond donors (Lipinski definition) is 2. The molecule has 0 aliphatic carbocycles. The van der Waals surface area contributed by atoms with E-state index in [1.807, 2.05) is 0 Å². The molecule has 0 bridgehead atoms. The van der Waals surface area contributed by atoms with Gasteiger partial charge in [0.15, 0.2) is 6.10 Å². The predicted octanol–water partition coefficient (Wildman–Crippen LogP) is 12.0. The molecule has 0 heterocycles. The van der Waals surface area contributed by atoms with Crippen molar-refractivity contribution in [1.82, 2.24) is 0 Å². The van der Waals surface area contributed by atoms with Crippen LogP contribution >= 0.6 is 7.82 Å². The molecule has 9 heteroatoms. The largest absolute Gasteiger partial charge is 0.469 e. The summed E-state index contributed by atoms with van der Waals surface area (Å²) in [7, 11) is -4.75. The second kappa shape index (κ2) is 36.3. The lowest BCUT2D eigenvalue weighted by Crippen LogP contribution is -2.29. The van der Waals surface area contributed by atoms with Crippen molar-refractivity contribution >= 4 is 19.8 Å². The van der Waals surface area contributed by atoms with Gasteiger partial charge in [0.1, 0.15) is 6.61 Å². The summed E-state index contributed by atoms with van der Waals surface area (Å²) in [5.41, 5.74) is 0. The number of esters is 2. The maximum Gasteiger partial charge on any atom is 0.469 e. The van der Waals surface area contributed by atoms with Gasteiger partial charge in [-0.2, -0.15) is 0 Å². The van der Waals surface area contributed by atoms with Gasteiger partial charge >= 0.3 is 19.8 Å². The van der Waals surface area contributed by atoms with Gasteiger partial charge in [-0.1, -0.05) is 147 Å². The van der Waals surface area contributed by atoms with Crippen LogP contribution in [-0.4, -0.2) is 41.0 Å². The number of carbonyl (C=O) groups is 2. The number of rotatable bonds is 37. The number of carbonyl (C=O) groups excluding carboxylic acids is 2. The molecule has 1 atom stereocenters. The van der Waals surface area contributed by atoms with Crippen molar-refractivity contribution in [1.29, 1.82) is 0 Å². The maximum absolute atomic E-state index is 12.4. The number of unbranched alkanes of at least 4 members (excludes halogenated alkanes) is 23. The van der Waals surface area contributed by atoms with E-state index in [-0.39, 0.29) is 19.4 Å². The SMILES string of the molecule is CCCCC/C=C/CCCCCCCC(=O)OC[C@H](COP(=O)(O)O)OC(=O)CCCCCCCCCCC/C=C/CCCCCCCC. The Bertz CT molecular complexity index is 853. The standard InChI is InChI=1S/C40H75O8P/c1-3-5-7-9-11-13-15-17-18-19-20-21-22-23-25-27-29-31-33-35-40(42)48-38(37-47-49(43,44)45)36-46-39(41)34-32-30-28-26-24-16-14-12-10-8-6-4-2/h12,14,17-18,38H,3-11,13,15-16,19-37H2,1-2H3,(H2,43,44,45)/b14-12+,18-17+/t38-/m1/s1. The highest BCUT2D eigenvalue weighted by atomic mass is 31.2. The molecule has 0 saturated heterocycles. The Morgan fingerprint density at radius 3 is 1.29 bits per heavy atom. The van der Waals surface area contributed by atoms with E-state index in [9.17, 15) is 14.2 Å². The first-order valence-electron chi connectivity index (χ1n) is 20.1. The van der Waals surface area contributed by atoms with Gasteiger partial charge in [-0.05, 0) is 64.2 Å². The lowest BCUT2D eigenvalue weighted by Gasteiger charge is -2.18. The molecule has 0 aliphatic rings. The van der Waals surface area contributed by atoms with E-state index in [4.69, 9.17) is 19.3 Å². The van der Waals surface area contributed by atoms with E-state index in [1.54, 1.807) is 0 Å². The quantitative estimate of drug-likeness (QED) is 0.0282. The van der Waals surface area contributed by atoms with Crippen molar-refractivity contribution in [3.05, 3.63) is 24.3 Å². The van der Waals surface area contributed by atoms with Crippen LogP contribution in [0.5, 0.6) is 0 Å². The summed E-state index contributed by atoms with van der Waals surface area (Å²) < 4.78 is 26.3. The number of phosphoric acid groups is 1. The third-order valence-electron chi connectivity index (χ3n) is 8.69. The lowest BCUT2D eigenvalue weighted by atomic mass is 10.1. The van der Waals surface area contributed by atoms with Crippen molar-refractivity contribution in [2.24, 2.45) is 0 Å². The Balaban J connectivity index is 3.91. The Labute approximate surface area is 300 Å². The predicted molar refractivity (Wildman–Crippen MR) is 202 cm³/mol. The van der Waals surface area contributed by atoms with Crippen LogP contribution < -0.4 is 0 Å². The summed E-state index contributed by atoms with van der Waals surface area (Å²) >= 11 is 0. The van der Waals surface area contributed by atoms with Crippen molar-refractivity contribution in [2.75, 3.05) is 13.2 Å². The molecular formula is C40H75O8P. The zero-order valence-corrected chi connectivity index (χ0v) is 32.5. The summed E-state index contributed by atoms with van der Waals surface area (Å²) in [4.78, 5) is 42.7. The molecule has 0 saturated carbocycles. The van der Waals surface area contributed by atoms with E-state index in [2.05, 4.69) is 42.7 Å². The third-order valence-corrected chi connectivity index (χ3v) is 9.18. The average Bonchev–Trinajstić information content (AvgIpc) is 3.07. The summed E-state index contributed by atoms with van der Waals surface area (Å²) in [6, 6.07) is 0. The smallest absolute Gasteiger partial charge is 0.462 e. The fraction of sp³-hybridized carbons (Fsp3) is 0.850. The first-order valence-corrected chi connectivity index (χ1v) is 21.7. The molecule has 288 valence electrons. The van der Waals surface area contributed by atoms with Crippen LogP contribution in [0, 0.1) is 0 Å². The van der Waals surface area contributed by atoms with E-state index in [0.717, 1.165) is 51.4 Å². The molecule has 2 N–H and O–H groups in total. The van der Waals surface area contributed by atoms with Crippen molar-refractivity contribution in [3.63, 3.8) is 0 Å². The summed E-state index contributed by atoms with van der Waals surface area (Å²) in [6.45, 7) is 3.65. The molecule has 0 rings (SSSR count). The molecule has 0 aliphatic heterocycles. The fourth-order valence-corrected chi connectivity index (χ4v) is 6.02. The van der Waals surface area contributed by atoms with Gasteiger partial charge in [0.25, 0.3) is 0 Å². The molecule has 8 nitrogen and oxygen atoms in total. The van der Waals surface area contributed by atoms with E-state index < -0.39 is 32.5 Å². The molecule has 0 unspecified atom stereocenters. The van der Waals surface area contributed by atoms with Gasteiger partial charge in [-0.15, -0.1) is 0 Å². The number of allylic oxidation sites excluding steroid dienone is 4. The second-order valence-electron chi connectivity index (χ2n) is 13.6. The third kappa shape index (κ3) is 39.2. The first kappa shape index (κ1) is 47.5. The monoisotopic (exact) mass is 715 g/mol. The number of hydrogen-bond acceptors (Lipinski definition) is 6. The van der Waals surface area contributed by atoms with Crippen LogP contribution in [0.25, 0.3) is 0 Å². The first-order chi connectivity index (χ1) is 23.8. The second-order valence-corrected chi connectivity index (χ2v) is 14.8. The summed E-state index contributed by atoms with van der Waals surface area (Å²) in [6.07, 6.45) is 40.4. The van der Waals surface area contributed by atoms with Crippen LogP contribution in [0.2, 0.25) is 0 Å². The van der Waals surface area contributed by atoms with Crippen LogP contribution in [-0.2, 0) is 28.2 Å². The molecule has 0 radical (unpaired) electrons. The molecule has 0 aromatic heterocycles. The molecule has 0 spiro atoms. The van der Waals surface area contributed by atoms with Gasteiger partial charge in [-0.25, -0.2) is 4.57 Å². The zero-order valence-electron chi connectivity index (χ0n) is 31.6. The molecule has 0 aromatic carbocycles. The van der Waals surface area contributed by atoms with Gasteiger partial charge in [0, 0.05) is 12.8 Å². The summed E-state index contributed by atoms with van der Waals surface area (Å²) in [5, 5.41) is 0. The van der Waals surface area contributed by atoms with Crippen LogP contribution in [0.4, 0.5) is 0 Å². The topological polar surface area (TPSA) is 119 Å². The van der Waals surface area contributed by atoms with Gasteiger partial charge in [-0.3, -0.25) is 14.1 Å². The number of phosphoric ester groups is 1. The zero-order chi connectivity index (χ0) is 36.1. The Morgan fingerprint density at radius 1 is 0.510 bits per heavy atom. The Hall–Kier alpha value is -1.47. The fourth-order valence-electron chi connectivity index (χ4n) is 5.66. The van der Waals surface area contributed by atoms with Crippen LogP contribution in [0.15, 0.2) is 24.3 Å². The van der Waals surface area contributed by atoms with Gasteiger partial charge < -0.3 is 19.3 Å². The van der Waals surface area contributed by atoms with Gasteiger partial charge in [0.05, 0.1) is 6.61 Å². The van der Waals surface area contributed by atoms with Crippen LogP contribution in [0.1, 0.15) is 200 Å². The summed E-state index contributed by atoms with van der Waals surface area (Å²) in [5.74, 6) is -0.893. The highest BCUT2D eigenvalue weighted by molar-refractivity contribution is 7.46. The van der Waals surface area contributed by atoms with Crippen molar-refractivity contribution < 1.29 is 37.9 Å². The maximum atomic E-state index is 12.4. The molecular weight excluding hydrogens is 639 g/mol. The molecule has 0 amide bonds. The minimum atomic E-state index is -4.75. The highest BCUT2D eigenvalue weighted by Gasteiger charge is 2.22. The van der Waals surface area contributed by atoms with E-state index in [0.29, 0.717) is 12.8 Å². The Kier molecular flexibility index (Phi) is 35.2. The average molecular weight is 715 g/mol. The van der Waals surface area contributed by atoms with Crippen molar-refractivity contribution in [3.8, 4) is 0 Å². The minimum absolute atomic E-state index is 0.210. The van der Waals surface area contributed by atoms with Crippen molar-refractivity contribution in [2.45, 2.75) is 206 Å². The number of ether oxygens (including phenoxy) is 2. The molecule has 49 heavy (non-hydrogen) atoms. The van der Waals surface area contributed by atoms with E-state index in [1.165, 1.54) is 109 Å². The van der Waals surface area contributed by atoms with Gasteiger partial charge in [0.2, 0.25) is 0 Å². The normalized spacial score (nSPS) is 12.7. The Morgan fingerprint density at radius 2 is 0.857 bits per heavy atom. The lowest BCUT2D eigenvalue weighted by molar-refractivity contribution is -0.161. The van der Waals surface area contributed by atoms with E-state index >= 15 is 0 Å². The van der Waals surface area contributed by atoms with Crippen LogP contribution in [0.3, 0.4) is 0 Å². The molecule has 0 fully saturated rings. The minimum Gasteiger partial charge on any atom is -0.462 e.